The van der Waals surface area contributed by atoms with Gasteiger partial charge in [-0.1, -0.05) is 75.4 Å². The summed E-state index contributed by atoms with van der Waals surface area (Å²) >= 11 is 0. The fraction of sp³-hybridized carbons (Fsp3) is 0.219. The number of nitriles is 1. The van der Waals surface area contributed by atoms with E-state index < -0.39 is 0 Å². The van der Waals surface area contributed by atoms with Crippen molar-refractivity contribution in [1.82, 2.24) is 4.98 Å². The van der Waals surface area contributed by atoms with Gasteiger partial charge < -0.3 is 4.98 Å². The van der Waals surface area contributed by atoms with Gasteiger partial charge in [0.25, 0.3) is 0 Å². The van der Waals surface area contributed by atoms with Gasteiger partial charge in [-0.2, -0.15) is 5.26 Å². The molecular formula is C32H26N2. The highest BCUT2D eigenvalue weighted by Gasteiger charge is 2.44. The predicted molar refractivity (Wildman–Crippen MR) is 139 cm³/mol. The molecule has 4 aromatic carbocycles. The Balaban J connectivity index is 1.71. The van der Waals surface area contributed by atoms with Crippen LogP contribution < -0.4 is 0 Å². The fourth-order valence-corrected chi connectivity index (χ4v) is 6.59. The molecule has 0 amide bonds. The Kier molecular flexibility index (Phi) is 3.69. The molecule has 1 heterocycles. The van der Waals surface area contributed by atoms with Crippen molar-refractivity contribution in [2.75, 3.05) is 0 Å². The van der Waals surface area contributed by atoms with Gasteiger partial charge in [-0.3, -0.25) is 0 Å². The van der Waals surface area contributed by atoms with Crippen molar-refractivity contribution < 1.29 is 0 Å². The number of benzene rings is 4. The number of rotatable bonds is 0. The lowest BCUT2D eigenvalue weighted by Crippen LogP contribution is -2.29. The number of aryl methyl sites for hydroxylation is 1. The Bertz CT molecular complexity index is 1670. The molecule has 0 saturated carbocycles. The molecule has 3 aliphatic carbocycles. The molecule has 34 heavy (non-hydrogen) atoms. The molecule has 3 aliphatic rings. The second-order valence-corrected chi connectivity index (χ2v) is 10.9. The van der Waals surface area contributed by atoms with Crippen molar-refractivity contribution >= 4 is 21.8 Å². The third-order valence-electron chi connectivity index (χ3n) is 8.17. The van der Waals surface area contributed by atoms with Crippen molar-refractivity contribution in [2.45, 2.75) is 44.9 Å². The second-order valence-electron chi connectivity index (χ2n) is 10.9. The molecule has 2 nitrogen and oxygen atoms in total. The van der Waals surface area contributed by atoms with Gasteiger partial charge in [0.05, 0.1) is 17.1 Å². The normalized spacial score (nSPS) is 18.0. The van der Waals surface area contributed by atoms with E-state index in [2.05, 4.69) is 105 Å². The Hall–Kier alpha value is -3.83. The van der Waals surface area contributed by atoms with Crippen molar-refractivity contribution in [3.63, 3.8) is 0 Å². The Morgan fingerprint density at radius 2 is 1.35 bits per heavy atom. The minimum absolute atomic E-state index is 0.0672. The van der Waals surface area contributed by atoms with E-state index in [9.17, 15) is 5.26 Å². The average Bonchev–Trinajstić information content (AvgIpc) is 3.23. The van der Waals surface area contributed by atoms with Gasteiger partial charge >= 0.3 is 0 Å². The van der Waals surface area contributed by atoms with E-state index in [-0.39, 0.29) is 17.3 Å². The molecule has 0 saturated heterocycles. The summed E-state index contributed by atoms with van der Waals surface area (Å²) in [4.78, 5) is 3.71. The first-order chi connectivity index (χ1) is 16.4. The summed E-state index contributed by atoms with van der Waals surface area (Å²) in [5.74, 6) is 0.237. The molecule has 5 aromatic rings. The first-order valence-corrected chi connectivity index (χ1v) is 12.1. The van der Waals surface area contributed by atoms with E-state index in [4.69, 9.17) is 0 Å². The molecule has 0 fully saturated rings. The number of aromatic amines is 1. The lowest BCUT2D eigenvalue weighted by atomic mass is 9.59. The lowest BCUT2D eigenvalue weighted by Gasteiger charge is -2.43. The van der Waals surface area contributed by atoms with Gasteiger partial charge in [0.2, 0.25) is 0 Å². The molecule has 0 unspecified atom stereocenters. The quantitative estimate of drug-likeness (QED) is 0.258. The van der Waals surface area contributed by atoms with Gasteiger partial charge in [0.1, 0.15) is 0 Å². The summed E-state index contributed by atoms with van der Waals surface area (Å²) in [6.07, 6.45) is 0. The summed E-state index contributed by atoms with van der Waals surface area (Å²) in [5.41, 5.74) is 13.6. The summed E-state index contributed by atoms with van der Waals surface area (Å²) in [6, 6.07) is 27.2. The van der Waals surface area contributed by atoms with E-state index in [1.807, 2.05) is 0 Å². The molecule has 0 radical (unpaired) electrons. The molecule has 1 N–H and O–H groups in total. The summed E-state index contributed by atoms with van der Waals surface area (Å²) in [5, 5.41) is 13.0. The van der Waals surface area contributed by atoms with Crippen LogP contribution in [0.2, 0.25) is 0 Å². The molecule has 2 heteroatoms. The fourth-order valence-electron chi connectivity index (χ4n) is 6.59. The number of fused-ring (bicyclic) bond motifs is 3. The zero-order valence-corrected chi connectivity index (χ0v) is 20.0. The zero-order valence-electron chi connectivity index (χ0n) is 20.0. The highest BCUT2D eigenvalue weighted by Crippen LogP contribution is 2.59. The van der Waals surface area contributed by atoms with E-state index in [1.54, 1.807) is 0 Å². The Labute approximate surface area is 199 Å². The van der Waals surface area contributed by atoms with E-state index in [1.165, 1.54) is 49.7 Å². The molecule has 0 atom stereocenters. The van der Waals surface area contributed by atoms with Crippen LogP contribution in [0.25, 0.3) is 21.8 Å². The number of aromatic nitrogens is 1. The maximum Gasteiger partial charge on any atom is 0.0998 e. The monoisotopic (exact) mass is 438 g/mol. The van der Waals surface area contributed by atoms with Crippen molar-refractivity contribution in [2.24, 2.45) is 0 Å². The van der Waals surface area contributed by atoms with Gasteiger partial charge in [-0.05, 0) is 69.0 Å². The molecule has 1 aromatic heterocycles. The van der Waals surface area contributed by atoms with E-state index >= 15 is 0 Å². The average molecular weight is 439 g/mol. The van der Waals surface area contributed by atoms with Gasteiger partial charge in [-0.15, -0.1) is 0 Å². The number of hydrogen-bond donors (Lipinski definition) is 1. The van der Waals surface area contributed by atoms with E-state index in [0.29, 0.717) is 0 Å². The number of nitrogens with zero attached hydrogens (tertiary/aromatic N) is 1. The molecular weight excluding hydrogens is 412 g/mol. The summed E-state index contributed by atoms with van der Waals surface area (Å²) in [6.45, 7) is 8.92. The summed E-state index contributed by atoms with van der Waals surface area (Å²) in [7, 11) is 0. The number of hydrogen-bond acceptors (Lipinski definition) is 1. The molecule has 0 aliphatic heterocycles. The second kappa shape index (κ2) is 6.39. The first-order valence-electron chi connectivity index (χ1n) is 12.1. The van der Waals surface area contributed by atoms with Crippen LogP contribution in [0.5, 0.6) is 0 Å². The third kappa shape index (κ3) is 2.30. The van der Waals surface area contributed by atoms with Crippen LogP contribution in [-0.4, -0.2) is 4.98 Å². The maximum absolute atomic E-state index is 10.4. The van der Waals surface area contributed by atoms with Crippen LogP contribution in [0.15, 0.2) is 66.7 Å². The minimum atomic E-state index is 0.0672. The van der Waals surface area contributed by atoms with Gasteiger partial charge in [0.15, 0.2) is 0 Å². The van der Waals surface area contributed by atoms with Gasteiger partial charge in [-0.25, -0.2) is 0 Å². The van der Waals surface area contributed by atoms with Gasteiger partial charge in [0, 0.05) is 28.1 Å². The highest BCUT2D eigenvalue weighted by molar-refractivity contribution is 6.12. The molecule has 8 rings (SSSR count). The maximum atomic E-state index is 10.4. The van der Waals surface area contributed by atoms with Crippen LogP contribution >= 0.6 is 0 Å². The standard InChI is InChI=1S/C32H26N2/c1-17-24(16-33)28-26-19-9-5-7-11-21(19)27(22-12-8-6-10-20(22)26)30(28)29-23-15-18(32(2,3)4)13-14-25(23)34-31(17)29/h5-15,26-27,34H,1-4H3. The highest BCUT2D eigenvalue weighted by atomic mass is 14.7. The van der Waals surface area contributed by atoms with Crippen LogP contribution in [0.4, 0.5) is 0 Å². The SMILES string of the molecule is Cc1c(C#N)c2c(c3c1[nH]c1ccc(C(C)(C)C)cc13)C1c3ccccc3C2c2ccccc21. The Morgan fingerprint density at radius 3 is 1.88 bits per heavy atom. The van der Waals surface area contributed by atoms with Crippen molar-refractivity contribution in [3.05, 3.63) is 117 Å². The Morgan fingerprint density at radius 1 is 0.794 bits per heavy atom. The molecule has 2 bridgehead atoms. The van der Waals surface area contributed by atoms with Crippen molar-refractivity contribution in [1.29, 1.82) is 5.26 Å². The smallest absolute Gasteiger partial charge is 0.0998 e. The van der Waals surface area contributed by atoms with Crippen LogP contribution in [0.1, 0.15) is 82.7 Å². The first kappa shape index (κ1) is 19.6. The molecule has 0 spiro atoms. The zero-order chi connectivity index (χ0) is 23.4. The predicted octanol–water partition coefficient (Wildman–Crippen LogP) is 7.79. The molecule has 164 valence electrons. The third-order valence-corrected chi connectivity index (χ3v) is 8.17. The van der Waals surface area contributed by atoms with Crippen molar-refractivity contribution in [3.8, 4) is 6.07 Å². The number of H-pyrrole nitrogens is 1. The minimum Gasteiger partial charge on any atom is -0.354 e. The summed E-state index contributed by atoms with van der Waals surface area (Å²) < 4.78 is 0. The lowest BCUT2D eigenvalue weighted by molar-refractivity contribution is 0.591. The largest absolute Gasteiger partial charge is 0.354 e. The van der Waals surface area contributed by atoms with E-state index in [0.717, 1.165) is 22.2 Å². The van der Waals surface area contributed by atoms with Crippen LogP contribution in [-0.2, 0) is 5.41 Å². The number of nitrogens with one attached hydrogen (secondary N) is 1. The van der Waals surface area contributed by atoms with Crippen LogP contribution in [0, 0.1) is 18.3 Å². The topological polar surface area (TPSA) is 39.6 Å². The van der Waals surface area contributed by atoms with Crippen LogP contribution in [0.3, 0.4) is 0 Å².